The number of aromatic nitrogens is 2. The molecule has 3 N–H and O–H groups in total. The van der Waals surface area contributed by atoms with Crippen molar-refractivity contribution in [1.29, 1.82) is 0 Å². The van der Waals surface area contributed by atoms with E-state index in [9.17, 15) is 4.79 Å². The van der Waals surface area contributed by atoms with Crippen LogP contribution in [0.4, 0.5) is 11.8 Å². The zero-order valence-electron chi connectivity index (χ0n) is 17.1. The summed E-state index contributed by atoms with van der Waals surface area (Å²) in [6, 6.07) is 0.519. The molecule has 0 bridgehead atoms. The Morgan fingerprint density at radius 3 is 2.37 bits per heavy atom. The molecule has 150 valence electrons. The molecule has 6 nitrogen and oxygen atoms in total. The first-order valence-corrected chi connectivity index (χ1v) is 10.8. The number of fused-ring (bicyclic) bond motifs is 2. The van der Waals surface area contributed by atoms with E-state index in [0.29, 0.717) is 12.5 Å². The first-order valence-electron chi connectivity index (χ1n) is 10.8. The fraction of sp³-hybridized carbons (Fsp3) is 0.762. The minimum Gasteiger partial charge on any atom is -0.351 e. The number of carbonyl (C=O) groups excluding carboxylic acids is 1. The zero-order chi connectivity index (χ0) is 19.4. The molecule has 6 heteroatoms. The van der Waals surface area contributed by atoms with E-state index in [-0.39, 0.29) is 23.4 Å². The van der Waals surface area contributed by atoms with Crippen LogP contribution in [-0.2, 0) is 10.2 Å². The fourth-order valence-corrected chi connectivity index (χ4v) is 4.44. The van der Waals surface area contributed by atoms with Crippen LogP contribution in [0.1, 0.15) is 84.1 Å². The molecule has 1 fully saturated rings. The summed E-state index contributed by atoms with van der Waals surface area (Å²) in [5.41, 5.74) is 6.48. The Bertz CT molecular complexity index is 646. The molecular formula is C21H35N5O. The molecule has 0 radical (unpaired) electrons. The second-order valence-electron chi connectivity index (χ2n) is 8.13. The summed E-state index contributed by atoms with van der Waals surface area (Å²) in [5.74, 6) is 1.73. The highest BCUT2D eigenvalue weighted by Gasteiger charge is 2.61. The molecule has 1 aliphatic heterocycles. The van der Waals surface area contributed by atoms with Crippen molar-refractivity contribution in [3.8, 4) is 0 Å². The van der Waals surface area contributed by atoms with Crippen molar-refractivity contribution in [2.45, 2.75) is 96.1 Å². The summed E-state index contributed by atoms with van der Waals surface area (Å²) in [4.78, 5) is 24.7. The molecule has 1 saturated carbocycles. The second-order valence-corrected chi connectivity index (χ2v) is 8.13. The number of nitrogens with one attached hydrogen (secondary N) is 1. The number of hydrogen-bond donors (Lipinski definition) is 2. The predicted octanol–water partition coefficient (Wildman–Crippen LogP) is 3.75. The van der Waals surface area contributed by atoms with Crippen molar-refractivity contribution < 1.29 is 4.79 Å². The number of nitrogens with two attached hydrogens (primary N) is 1. The third-order valence-corrected chi connectivity index (χ3v) is 5.99. The van der Waals surface area contributed by atoms with Crippen LogP contribution in [0.2, 0.25) is 0 Å². The van der Waals surface area contributed by atoms with Gasteiger partial charge in [0.1, 0.15) is 5.82 Å². The van der Waals surface area contributed by atoms with Gasteiger partial charge in [-0.2, -0.15) is 4.98 Å². The van der Waals surface area contributed by atoms with Gasteiger partial charge in [0.25, 0.3) is 0 Å². The largest absolute Gasteiger partial charge is 0.351 e. The lowest BCUT2D eigenvalue weighted by Gasteiger charge is -2.28. The summed E-state index contributed by atoms with van der Waals surface area (Å²) >= 11 is 0. The van der Waals surface area contributed by atoms with Gasteiger partial charge in [-0.15, -0.1) is 0 Å². The first kappa shape index (κ1) is 20.1. The Morgan fingerprint density at radius 2 is 1.81 bits per heavy atom. The summed E-state index contributed by atoms with van der Waals surface area (Å²) in [6.45, 7) is 7.19. The minimum atomic E-state index is -0.326. The van der Waals surface area contributed by atoms with Gasteiger partial charge in [-0.3, -0.25) is 9.69 Å². The molecule has 1 atom stereocenters. The topological polar surface area (TPSA) is 84.1 Å². The maximum atomic E-state index is 13.3. The van der Waals surface area contributed by atoms with Crippen LogP contribution in [0.5, 0.6) is 0 Å². The highest BCUT2D eigenvalue weighted by atomic mass is 16.2. The van der Waals surface area contributed by atoms with Crippen molar-refractivity contribution in [3.05, 3.63) is 11.8 Å². The molecule has 1 spiro atoms. The van der Waals surface area contributed by atoms with E-state index in [0.717, 1.165) is 69.2 Å². The molecular weight excluding hydrogens is 338 g/mol. The Hall–Kier alpha value is -1.69. The third kappa shape index (κ3) is 3.82. The molecule has 1 aliphatic carbocycles. The van der Waals surface area contributed by atoms with Gasteiger partial charge < -0.3 is 11.1 Å². The highest BCUT2D eigenvalue weighted by molar-refractivity contribution is 6.09. The third-order valence-electron chi connectivity index (χ3n) is 5.99. The summed E-state index contributed by atoms with van der Waals surface area (Å²) in [5, 5.41) is 3.46. The van der Waals surface area contributed by atoms with Gasteiger partial charge in [-0.05, 0) is 45.1 Å². The van der Waals surface area contributed by atoms with Crippen LogP contribution in [0, 0.1) is 0 Å². The van der Waals surface area contributed by atoms with Crippen LogP contribution in [0.3, 0.4) is 0 Å². The smallest absolute Gasteiger partial charge is 0.239 e. The summed E-state index contributed by atoms with van der Waals surface area (Å²) in [6.07, 6.45) is 11.0. The van der Waals surface area contributed by atoms with Crippen LogP contribution < -0.4 is 16.0 Å². The van der Waals surface area contributed by atoms with E-state index in [1.54, 1.807) is 0 Å². The van der Waals surface area contributed by atoms with Crippen molar-refractivity contribution in [1.82, 2.24) is 9.97 Å². The maximum absolute atomic E-state index is 13.3. The van der Waals surface area contributed by atoms with Gasteiger partial charge >= 0.3 is 0 Å². The van der Waals surface area contributed by atoms with Gasteiger partial charge in [-0.25, -0.2) is 4.98 Å². The lowest BCUT2D eigenvalue weighted by atomic mass is 10.0. The van der Waals surface area contributed by atoms with E-state index >= 15 is 0 Å². The predicted molar refractivity (Wildman–Crippen MR) is 110 cm³/mol. The molecule has 1 unspecified atom stereocenters. The van der Waals surface area contributed by atoms with Crippen LogP contribution >= 0.6 is 0 Å². The Labute approximate surface area is 163 Å². The summed E-state index contributed by atoms with van der Waals surface area (Å²) in [7, 11) is 0. The summed E-state index contributed by atoms with van der Waals surface area (Å²) < 4.78 is 0. The molecule has 2 heterocycles. The molecule has 1 aromatic rings. The number of rotatable bonds is 11. The monoisotopic (exact) mass is 373 g/mol. The minimum absolute atomic E-state index is 0.240. The lowest BCUT2D eigenvalue weighted by molar-refractivity contribution is -0.120. The number of nitrogens with zero attached hydrogens (tertiary/aromatic N) is 3. The van der Waals surface area contributed by atoms with E-state index < -0.39 is 0 Å². The molecule has 0 aromatic carbocycles. The number of carbonyl (C=O) groups is 1. The highest BCUT2D eigenvalue weighted by Crippen LogP contribution is 2.57. The van der Waals surface area contributed by atoms with Crippen molar-refractivity contribution >= 4 is 17.7 Å². The Morgan fingerprint density at radius 1 is 1.15 bits per heavy atom. The molecule has 2 aliphatic rings. The van der Waals surface area contributed by atoms with Crippen molar-refractivity contribution in [2.75, 3.05) is 16.8 Å². The van der Waals surface area contributed by atoms with E-state index in [2.05, 4.69) is 31.1 Å². The van der Waals surface area contributed by atoms with E-state index in [1.807, 2.05) is 11.1 Å². The maximum Gasteiger partial charge on any atom is 0.239 e. The molecule has 1 amide bonds. The first-order chi connectivity index (χ1) is 13.1. The van der Waals surface area contributed by atoms with E-state index in [4.69, 9.17) is 10.7 Å². The Balaban J connectivity index is 1.91. The molecule has 27 heavy (non-hydrogen) atoms. The van der Waals surface area contributed by atoms with Crippen LogP contribution in [0.25, 0.3) is 0 Å². The van der Waals surface area contributed by atoms with Gasteiger partial charge in [0.2, 0.25) is 11.9 Å². The lowest BCUT2D eigenvalue weighted by Crippen LogP contribution is -2.41. The SMILES string of the molecule is CCCC(CCN)Nc1ncc2c(n1)N(C(CCC)CCC)C(=O)C21CC1. The van der Waals surface area contributed by atoms with Gasteiger partial charge in [0.05, 0.1) is 5.41 Å². The standard InChI is InChI=1S/C21H35N5O/c1-4-7-15(10-13-22)24-20-23-14-17-18(25-20)26(16(8-5-2)9-6-3)19(27)21(17)11-12-21/h14-16H,4-13,22H2,1-3H3,(H,23,24,25). The van der Waals surface area contributed by atoms with Gasteiger partial charge in [-0.1, -0.05) is 40.0 Å². The Kier molecular flexibility index (Phi) is 6.35. The normalized spacial score (nSPS) is 18.3. The number of hydrogen-bond acceptors (Lipinski definition) is 5. The number of anilines is 2. The fourth-order valence-electron chi connectivity index (χ4n) is 4.44. The van der Waals surface area contributed by atoms with Gasteiger partial charge in [0.15, 0.2) is 0 Å². The van der Waals surface area contributed by atoms with Gasteiger partial charge in [0, 0.05) is 23.8 Å². The number of amides is 1. The van der Waals surface area contributed by atoms with Crippen molar-refractivity contribution in [3.63, 3.8) is 0 Å². The molecule has 3 rings (SSSR count). The van der Waals surface area contributed by atoms with Crippen molar-refractivity contribution in [2.24, 2.45) is 5.73 Å². The van der Waals surface area contributed by atoms with Crippen LogP contribution in [0.15, 0.2) is 6.20 Å². The second kappa shape index (κ2) is 8.55. The van der Waals surface area contributed by atoms with E-state index in [1.165, 1.54) is 0 Å². The quantitative estimate of drug-likeness (QED) is 0.617. The zero-order valence-corrected chi connectivity index (χ0v) is 17.1. The average molecular weight is 374 g/mol. The molecule has 0 saturated heterocycles. The molecule has 1 aromatic heterocycles. The van der Waals surface area contributed by atoms with Crippen LogP contribution in [-0.4, -0.2) is 34.5 Å². The average Bonchev–Trinajstić information content (AvgIpc) is 3.40.